The van der Waals surface area contributed by atoms with E-state index in [1.807, 2.05) is 12.2 Å². The Morgan fingerprint density at radius 1 is 1.16 bits per heavy atom. The minimum atomic E-state index is -1.01. The Hall–Kier alpha value is -2.18. The van der Waals surface area contributed by atoms with Crippen LogP contribution in [0, 0.1) is 11.8 Å². The molecule has 1 saturated heterocycles. The highest BCUT2D eigenvalue weighted by molar-refractivity contribution is 6.08. The van der Waals surface area contributed by atoms with Crippen LogP contribution in [0.4, 0.5) is 0 Å². The quantitative estimate of drug-likeness (QED) is 0.453. The predicted octanol–water partition coefficient (Wildman–Crippen LogP) is 0.928. The van der Waals surface area contributed by atoms with Crippen molar-refractivity contribution < 1.29 is 23.9 Å². The Morgan fingerprint density at radius 3 is 2.28 bits per heavy atom. The number of amides is 3. The number of hydrogen-bond donors (Lipinski definition) is 1. The summed E-state index contributed by atoms with van der Waals surface area (Å²) in [4.78, 5) is 50.0. The van der Waals surface area contributed by atoms with Crippen molar-refractivity contribution in [3.8, 4) is 0 Å². The predicted molar refractivity (Wildman–Crippen MR) is 88.0 cm³/mol. The Labute approximate surface area is 146 Å². The molecular weight excluding hydrogens is 324 g/mol. The highest BCUT2D eigenvalue weighted by atomic mass is 16.5. The Balaban J connectivity index is 1.52. The number of imide groups is 1. The number of ether oxygens (including phenoxy) is 1. The fourth-order valence-electron chi connectivity index (χ4n) is 3.91. The topological polar surface area (TPSA) is 92.8 Å². The summed E-state index contributed by atoms with van der Waals surface area (Å²) in [6.07, 6.45) is 8.93. The van der Waals surface area contributed by atoms with Crippen molar-refractivity contribution in [3.63, 3.8) is 0 Å². The second kappa shape index (κ2) is 7.37. The summed E-state index contributed by atoms with van der Waals surface area (Å²) in [7, 11) is 0. The van der Waals surface area contributed by atoms with Crippen molar-refractivity contribution in [2.45, 2.75) is 57.5 Å². The minimum Gasteiger partial charge on any atom is -0.454 e. The summed E-state index contributed by atoms with van der Waals surface area (Å²) in [5.41, 5.74) is 0. The van der Waals surface area contributed by atoms with E-state index < -0.39 is 12.0 Å². The van der Waals surface area contributed by atoms with E-state index in [1.54, 1.807) is 0 Å². The first-order chi connectivity index (χ1) is 12.0. The third kappa shape index (κ3) is 3.60. The van der Waals surface area contributed by atoms with E-state index in [0.717, 1.165) is 30.6 Å². The van der Waals surface area contributed by atoms with Crippen molar-refractivity contribution in [1.82, 2.24) is 10.2 Å². The van der Waals surface area contributed by atoms with Crippen molar-refractivity contribution in [2.75, 3.05) is 6.61 Å². The summed E-state index contributed by atoms with van der Waals surface area (Å²) < 4.78 is 5.03. The number of nitrogens with zero attached hydrogens (tertiary/aromatic N) is 1. The van der Waals surface area contributed by atoms with Gasteiger partial charge in [-0.1, -0.05) is 25.0 Å². The Bertz CT molecular complexity index is 583. The monoisotopic (exact) mass is 348 g/mol. The Kier molecular flexibility index (Phi) is 5.20. The molecule has 1 N–H and O–H groups in total. The first-order valence-electron chi connectivity index (χ1n) is 8.97. The lowest BCUT2D eigenvalue weighted by atomic mass is 9.85. The van der Waals surface area contributed by atoms with Gasteiger partial charge in [0, 0.05) is 6.04 Å². The fraction of sp³-hybridized carbons (Fsp3) is 0.667. The third-order valence-corrected chi connectivity index (χ3v) is 5.34. The molecule has 25 heavy (non-hydrogen) atoms. The SMILES string of the molecule is C[C@@H](C(=O)OCC(=O)NC1CCCC1)N1C(=O)[C@@H]2CC=CC[C@H]2C1=O. The van der Waals surface area contributed by atoms with Crippen molar-refractivity contribution in [2.24, 2.45) is 11.8 Å². The molecule has 3 atom stereocenters. The van der Waals surface area contributed by atoms with Gasteiger partial charge in [0.1, 0.15) is 6.04 Å². The number of carbonyl (C=O) groups is 4. The molecule has 1 saturated carbocycles. The molecule has 0 radical (unpaired) electrons. The van der Waals surface area contributed by atoms with Gasteiger partial charge in [0.2, 0.25) is 11.8 Å². The van der Waals surface area contributed by atoms with Gasteiger partial charge < -0.3 is 10.1 Å². The first-order valence-corrected chi connectivity index (χ1v) is 8.97. The molecule has 0 aromatic rings. The van der Waals surface area contributed by atoms with E-state index in [-0.39, 0.29) is 42.2 Å². The number of hydrogen-bond acceptors (Lipinski definition) is 5. The van der Waals surface area contributed by atoms with Crippen LogP contribution in [-0.4, -0.2) is 47.3 Å². The molecule has 3 amide bonds. The summed E-state index contributed by atoms with van der Waals surface area (Å²) in [5.74, 6) is -2.46. The number of carbonyl (C=O) groups excluding carboxylic acids is 4. The maximum atomic E-state index is 12.4. The van der Waals surface area contributed by atoms with E-state index in [0.29, 0.717) is 12.8 Å². The molecule has 1 aliphatic heterocycles. The number of rotatable bonds is 5. The van der Waals surface area contributed by atoms with Gasteiger partial charge in [-0.25, -0.2) is 4.79 Å². The maximum absolute atomic E-state index is 12.4. The Morgan fingerprint density at radius 2 is 1.72 bits per heavy atom. The van der Waals surface area contributed by atoms with Crippen molar-refractivity contribution >= 4 is 23.7 Å². The van der Waals surface area contributed by atoms with Gasteiger partial charge in [-0.05, 0) is 32.6 Å². The lowest BCUT2D eigenvalue weighted by Crippen LogP contribution is -2.45. The summed E-state index contributed by atoms with van der Waals surface area (Å²) in [6.45, 7) is 1.09. The van der Waals surface area contributed by atoms with Gasteiger partial charge in [-0.2, -0.15) is 0 Å². The number of fused-ring (bicyclic) bond motifs is 1. The average Bonchev–Trinajstić information content (AvgIpc) is 3.20. The molecule has 1 heterocycles. The van der Waals surface area contributed by atoms with E-state index >= 15 is 0 Å². The molecule has 2 aliphatic carbocycles. The first kappa shape index (κ1) is 17.6. The zero-order chi connectivity index (χ0) is 18.0. The van der Waals surface area contributed by atoms with Crippen LogP contribution in [0.15, 0.2) is 12.2 Å². The van der Waals surface area contributed by atoms with Crippen molar-refractivity contribution in [3.05, 3.63) is 12.2 Å². The van der Waals surface area contributed by atoms with E-state index in [4.69, 9.17) is 4.74 Å². The van der Waals surface area contributed by atoms with E-state index in [2.05, 4.69) is 5.32 Å². The van der Waals surface area contributed by atoms with Crippen LogP contribution >= 0.6 is 0 Å². The summed E-state index contributed by atoms with van der Waals surface area (Å²) in [6, 6.07) is -0.856. The van der Waals surface area contributed by atoms with Crippen LogP contribution < -0.4 is 5.32 Å². The normalized spacial score (nSPS) is 27.3. The molecule has 7 heteroatoms. The van der Waals surface area contributed by atoms with Crippen LogP contribution in [0.3, 0.4) is 0 Å². The minimum absolute atomic E-state index is 0.154. The van der Waals surface area contributed by atoms with Gasteiger partial charge in [-0.3, -0.25) is 19.3 Å². The number of esters is 1. The lowest BCUT2D eigenvalue weighted by Gasteiger charge is -2.21. The van der Waals surface area contributed by atoms with Crippen LogP contribution in [-0.2, 0) is 23.9 Å². The fourth-order valence-corrected chi connectivity index (χ4v) is 3.91. The molecule has 0 aromatic carbocycles. The highest BCUT2D eigenvalue weighted by Gasteiger charge is 2.50. The largest absolute Gasteiger partial charge is 0.454 e. The number of nitrogens with one attached hydrogen (secondary N) is 1. The number of allylic oxidation sites excluding steroid dienone is 2. The van der Waals surface area contributed by atoms with E-state index in [1.165, 1.54) is 6.92 Å². The van der Waals surface area contributed by atoms with Gasteiger partial charge in [0.15, 0.2) is 6.61 Å². The third-order valence-electron chi connectivity index (χ3n) is 5.34. The smallest absolute Gasteiger partial charge is 0.329 e. The van der Waals surface area contributed by atoms with Crippen molar-refractivity contribution in [1.29, 1.82) is 0 Å². The van der Waals surface area contributed by atoms with Gasteiger partial charge in [0.05, 0.1) is 11.8 Å². The molecule has 2 fully saturated rings. The van der Waals surface area contributed by atoms with Crippen LogP contribution in [0.2, 0.25) is 0 Å². The zero-order valence-electron chi connectivity index (χ0n) is 14.4. The second-order valence-corrected chi connectivity index (χ2v) is 7.03. The average molecular weight is 348 g/mol. The van der Waals surface area contributed by atoms with Crippen LogP contribution in [0.1, 0.15) is 45.4 Å². The molecule has 0 aromatic heterocycles. The van der Waals surface area contributed by atoms with Gasteiger partial charge in [0.25, 0.3) is 5.91 Å². The molecule has 0 unspecified atom stereocenters. The van der Waals surface area contributed by atoms with E-state index in [9.17, 15) is 19.2 Å². The zero-order valence-corrected chi connectivity index (χ0v) is 14.4. The standard InChI is InChI=1S/C18H24N2O5/c1-11(18(24)25-10-15(21)19-12-6-2-3-7-12)20-16(22)13-8-4-5-9-14(13)17(20)23/h4-5,11-14H,2-3,6-10H2,1H3,(H,19,21)/t11-,13+,14+/m0/s1. The van der Waals surface area contributed by atoms with Gasteiger partial charge in [-0.15, -0.1) is 0 Å². The highest BCUT2D eigenvalue weighted by Crippen LogP contribution is 2.36. The van der Waals surface area contributed by atoms with Crippen LogP contribution in [0.25, 0.3) is 0 Å². The lowest BCUT2D eigenvalue weighted by molar-refractivity contribution is -0.159. The second-order valence-electron chi connectivity index (χ2n) is 7.03. The molecule has 3 aliphatic rings. The maximum Gasteiger partial charge on any atom is 0.329 e. The van der Waals surface area contributed by atoms with Gasteiger partial charge >= 0.3 is 5.97 Å². The molecular formula is C18H24N2O5. The molecule has 0 spiro atoms. The molecule has 3 rings (SSSR count). The summed E-state index contributed by atoms with van der Waals surface area (Å²) in [5, 5.41) is 2.83. The molecule has 0 bridgehead atoms. The molecule has 7 nitrogen and oxygen atoms in total. The summed E-state index contributed by atoms with van der Waals surface area (Å²) >= 11 is 0. The number of likely N-dealkylation sites (tertiary alicyclic amines) is 1. The van der Waals surface area contributed by atoms with Crippen LogP contribution in [0.5, 0.6) is 0 Å². The molecule has 136 valence electrons.